The second kappa shape index (κ2) is 10.4. The third kappa shape index (κ3) is 6.26. The average molecular weight is 470 g/mol. The molecule has 30 heavy (non-hydrogen) atoms. The maximum absolute atomic E-state index is 12.4. The van der Waals surface area contributed by atoms with E-state index in [4.69, 9.17) is 17.3 Å². The fourth-order valence-electron chi connectivity index (χ4n) is 3.03. The minimum atomic E-state index is -3.63. The van der Waals surface area contributed by atoms with Crippen molar-refractivity contribution in [2.45, 2.75) is 13.0 Å². The van der Waals surface area contributed by atoms with Crippen molar-refractivity contribution in [2.75, 3.05) is 36.7 Å². The number of thiazole rings is 1. The van der Waals surface area contributed by atoms with Gasteiger partial charge in [0.05, 0.1) is 12.2 Å². The van der Waals surface area contributed by atoms with E-state index in [1.807, 2.05) is 6.07 Å². The van der Waals surface area contributed by atoms with Crippen LogP contribution in [0.15, 0.2) is 30.5 Å². The predicted octanol–water partition coefficient (Wildman–Crippen LogP) is 1.68. The number of sulfonamides is 1. The summed E-state index contributed by atoms with van der Waals surface area (Å²) in [6.45, 7) is 3.20. The van der Waals surface area contributed by atoms with Crippen LogP contribution < -0.4 is 15.8 Å². The van der Waals surface area contributed by atoms with E-state index in [1.165, 1.54) is 23.6 Å². The van der Waals surface area contributed by atoms with Gasteiger partial charge in [0, 0.05) is 48.8 Å². The van der Waals surface area contributed by atoms with E-state index in [0.29, 0.717) is 18.1 Å². The van der Waals surface area contributed by atoms with Crippen molar-refractivity contribution in [1.82, 2.24) is 15.2 Å². The van der Waals surface area contributed by atoms with Crippen LogP contribution in [0.3, 0.4) is 0 Å². The summed E-state index contributed by atoms with van der Waals surface area (Å²) < 4.78 is 27.2. The van der Waals surface area contributed by atoms with E-state index in [9.17, 15) is 13.2 Å². The Kier molecular flexibility index (Phi) is 7.84. The Labute approximate surface area is 185 Å². The van der Waals surface area contributed by atoms with Gasteiger partial charge in [0.1, 0.15) is 0 Å². The van der Waals surface area contributed by atoms with Crippen LogP contribution in [0.25, 0.3) is 6.08 Å². The van der Waals surface area contributed by atoms with Crippen molar-refractivity contribution in [2.24, 2.45) is 5.73 Å². The molecule has 0 unspecified atom stereocenters. The molecule has 0 spiro atoms. The number of nitrogens with two attached hydrogens (primary N) is 1. The van der Waals surface area contributed by atoms with Gasteiger partial charge in [-0.1, -0.05) is 35.9 Å². The predicted molar refractivity (Wildman–Crippen MR) is 121 cm³/mol. The second-order valence-electron chi connectivity index (χ2n) is 6.74. The zero-order valence-corrected chi connectivity index (χ0v) is 18.7. The summed E-state index contributed by atoms with van der Waals surface area (Å²) >= 11 is 7.28. The van der Waals surface area contributed by atoms with Gasteiger partial charge < -0.3 is 16.0 Å². The topological polar surface area (TPSA) is 117 Å². The number of piperazine rings is 1. The van der Waals surface area contributed by atoms with Gasteiger partial charge in [0.25, 0.3) is 0 Å². The van der Waals surface area contributed by atoms with E-state index >= 15 is 0 Å². The number of anilines is 1. The molecule has 1 aliphatic heterocycles. The molecule has 1 aromatic carbocycles. The van der Waals surface area contributed by atoms with E-state index in [0.717, 1.165) is 29.1 Å². The Balaban J connectivity index is 1.57. The number of carbonyl (C=O) groups excluding carboxylic acids is 1. The van der Waals surface area contributed by atoms with Gasteiger partial charge in [0.2, 0.25) is 15.9 Å². The Morgan fingerprint density at radius 1 is 1.37 bits per heavy atom. The molecule has 1 aliphatic rings. The first-order valence-electron chi connectivity index (χ1n) is 9.45. The Morgan fingerprint density at radius 2 is 2.13 bits per heavy atom. The van der Waals surface area contributed by atoms with Gasteiger partial charge in [-0.15, -0.1) is 11.3 Å². The molecule has 162 valence electrons. The summed E-state index contributed by atoms with van der Waals surface area (Å²) in [5.74, 6) is -0.201. The Hall–Kier alpha value is -1.98. The molecule has 8 nitrogen and oxygen atoms in total. The Bertz CT molecular complexity index is 1020. The maximum atomic E-state index is 12.4. The third-order valence-corrected chi connectivity index (χ3v) is 7.10. The van der Waals surface area contributed by atoms with Gasteiger partial charge in [-0.05, 0) is 17.2 Å². The minimum Gasteiger partial charge on any atom is -0.340 e. The molecular formula is C19H24ClN5O3S2. The smallest absolute Gasteiger partial charge is 0.238 e. The molecule has 0 bridgehead atoms. The largest absolute Gasteiger partial charge is 0.340 e. The highest BCUT2D eigenvalue weighted by Crippen LogP contribution is 2.22. The van der Waals surface area contributed by atoms with Crippen molar-refractivity contribution in [3.63, 3.8) is 0 Å². The molecule has 1 fully saturated rings. The first-order chi connectivity index (χ1) is 14.4. The van der Waals surface area contributed by atoms with Gasteiger partial charge in [-0.2, -0.15) is 0 Å². The number of nitrogens with zero attached hydrogens (tertiary/aromatic N) is 2. The summed E-state index contributed by atoms with van der Waals surface area (Å²) in [6, 6.07) is 5.35. The van der Waals surface area contributed by atoms with Gasteiger partial charge in [-0.3, -0.25) is 9.52 Å². The molecule has 1 amide bonds. The summed E-state index contributed by atoms with van der Waals surface area (Å²) in [5, 5.41) is 4.00. The number of hydrogen-bond donors (Lipinski definition) is 3. The normalized spacial score (nSPS) is 14.9. The molecule has 2 heterocycles. The van der Waals surface area contributed by atoms with Crippen LogP contribution in [0, 0.1) is 0 Å². The fraction of sp³-hybridized carbons (Fsp3) is 0.368. The van der Waals surface area contributed by atoms with E-state index in [-0.39, 0.29) is 29.8 Å². The van der Waals surface area contributed by atoms with Crippen molar-refractivity contribution in [3.05, 3.63) is 51.5 Å². The van der Waals surface area contributed by atoms with Crippen LogP contribution in [0.1, 0.15) is 16.0 Å². The number of rotatable bonds is 8. The zero-order valence-electron chi connectivity index (χ0n) is 16.3. The first-order valence-corrected chi connectivity index (χ1v) is 12.3. The average Bonchev–Trinajstić information content (AvgIpc) is 3.14. The van der Waals surface area contributed by atoms with Crippen LogP contribution in [0.2, 0.25) is 5.02 Å². The van der Waals surface area contributed by atoms with Gasteiger partial charge in [0.15, 0.2) is 5.13 Å². The molecule has 0 radical (unpaired) electrons. The van der Waals surface area contributed by atoms with E-state index in [2.05, 4.69) is 15.0 Å². The molecule has 3 rings (SSSR count). The van der Waals surface area contributed by atoms with Gasteiger partial charge >= 0.3 is 0 Å². The lowest BCUT2D eigenvalue weighted by Crippen LogP contribution is -2.46. The van der Waals surface area contributed by atoms with Crippen LogP contribution in [-0.2, 0) is 27.8 Å². The number of hydrogen-bond acceptors (Lipinski definition) is 7. The second-order valence-corrected chi connectivity index (χ2v) is 10.0. The molecule has 0 aliphatic carbocycles. The monoisotopic (exact) mass is 469 g/mol. The molecule has 4 N–H and O–H groups in total. The summed E-state index contributed by atoms with van der Waals surface area (Å²) in [5.41, 5.74) is 7.25. The van der Waals surface area contributed by atoms with Crippen LogP contribution in [0.4, 0.5) is 5.13 Å². The molecule has 2 aromatic rings. The van der Waals surface area contributed by atoms with E-state index < -0.39 is 10.0 Å². The fourth-order valence-corrected chi connectivity index (χ4v) is 5.25. The number of aromatic nitrogens is 1. The number of benzene rings is 1. The first kappa shape index (κ1) is 22.7. The number of amides is 1. The highest BCUT2D eigenvalue weighted by molar-refractivity contribution is 7.93. The molecule has 1 saturated heterocycles. The molecule has 11 heteroatoms. The highest BCUT2D eigenvalue weighted by atomic mass is 35.5. The Morgan fingerprint density at radius 3 is 2.87 bits per heavy atom. The lowest BCUT2D eigenvalue weighted by molar-refractivity contribution is -0.130. The summed E-state index contributed by atoms with van der Waals surface area (Å²) in [7, 11) is -3.63. The quantitative estimate of drug-likeness (QED) is 0.541. The number of nitrogens with one attached hydrogen (secondary N) is 2. The maximum Gasteiger partial charge on any atom is 0.238 e. The molecular weight excluding hydrogens is 446 g/mol. The van der Waals surface area contributed by atoms with Crippen LogP contribution in [0.5, 0.6) is 0 Å². The molecule has 1 aromatic heterocycles. The summed E-state index contributed by atoms with van der Waals surface area (Å²) in [6.07, 6.45) is 4.98. The van der Waals surface area contributed by atoms with E-state index in [1.54, 1.807) is 23.1 Å². The highest BCUT2D eigenvalue weighted by Gasteiger charge is 2.18. The number of carbonyl (C=O) groups is 1. The standard InChI is InChI=1S/C19H24ClN5O3S2/c20-17-5-1-3-14(16(17)12-21)4-2-10-30(27,28)24-19-23-13-15(29-19)11-18(26)25-8-6-22-7-9-25/h1-5,13,22H,6-12,21H2,(H,23,24). The van der Waals surface area contributed by atoms with Crippen molar-refractivity contribution < 1.29 is 13.2 Å². The molecule has 0 atom stereocenters. The number of halogens is 1. The van der Waals surface area contributed by atoms with Crippen LogP contribution in [-0.4, -0.2) is 56.1 Å². The lowest BCUT2D eigenvalue weighted by atomic mass is 10.1. The minimum absolute atomic E-state index is 0.0229. The van der Waals surface area contributed by atoms with Crippen LogP contribution >= 0.6 is 22.9 Å². The van der Waals surface area contributed by atoms with Gasteiger partial charge in [-0.25, -0.2) is 13.4 Å². The van der Waals surface area contributed by atoms with Crippen molar-refractivity contribution in [3.8, 4) is 0 Å². The third-order valence-electron chi connectivity index (χ3n) is 4.56. The van der Waals surface area contributed by atoms with Crippen molar-refractivity contribution >= 4 is 50.1 Å². The van der Waals surface area contributed by atoms with Crippen molar-refractivity contribution in [1.29, 1.82) is 0 Å². The summed E-state index contributed by atoms with van der Waals surface area (Å²) in [4.78, 5) is 18.9. The SMILES string of the molecule is NCc1c(Cl)cccc1C=CCS(=O)(=O)Nc1ncc(CC(=O)N2CCNCC2)s1. The molecule has 0 saturated carbocycles. The lowest BCUT2D eigenvalue weighted by Gasteiger charge is -2.27. The zero-order chi connectivity index (χ0) is 21.6.